The predicted octanol–water partition coefficient (Wildman–Crippen LogP) is 2.07. The predicted molar refractivity (Wildman–Crippen MR) is 48.2 cm³/mol. The van der Waals surface area contributed by atoms with E-state index in [-0.39, 0.29) is 5.78 Å². The molecule has 0 aliphatic heterocycles. The van der Waals surface area contributed by atoms with E-state index in [1.807, 2.05) is 19.9 Å². The maximum Gasteiger partial charge on any atom is 0.187 e. The van der Waals surface area contributed by atoms with Crippen molar-refractivity contribution >= 4 is 5.78 Å². The van der Waals surface area contributed by atoms with E-state index in [0.717, 1.165) is 11.4 Å². The molecule has 12 heavy (non-hydrogen) atoms. The molecule has 1 heterocycles. The lowest BCUT2D eigenvalue weighted by atomic mass is 10.1. The molecule has 0 radical (unpaired) electrons. The van der Waals surface area contributed by atoms with Gasteiger partial charge in [-0.15, -0.1) is 0 Å². The van der Waals surface area contributed by atoms with Crippen LogP contribution in [0.3, 0.4) is 0 Å². The summed E-state index contributed by atoms with van der Waals surface area (Å²) in [5, 5.41) is 0. The van der Waals surface area contributed by atoms with Gasteiger partial charge in [0.05, 0.1) is 0 Å². The highest BCUT2D eigenvalue weighted by Gasteiger charge is 2.05. The number of carbonyl (C=O) groups is 1. The number of pyridine rings is 1. The van der Waals surface area contributed by atoms with Crippen LogP contribution in [0.15, 0.2) is 24.8 Å². The Morgan fingerprint density at radius 3 is 2.67 bits per heavy atom. The molecule has 0 N–H and O–H groups in total. The SMILES string of the molecule is C=CC(=O)c1ccc(C)nc1C. The third-order valence-electron chi connectivity index (χ3n) is 1.68. The molecule has 1 rings (SSSR count). The first-order chi connectivity index (χ1) is 5.65. The Balaban J connectivity index is 3.18. The molecule has 0 aromatic carbocycles. The molecule has 0 saturated heterocycles. The van der Waals surface area contributed by atoms with Gasteiger partial charge in [-0.3, -0.25) is 9.78 Å². The van der Waals surface area contributed by atoms with Gasteiger partial charge in [0, 0.05) is 17.0 Å². The summed E-state index contributed by atoms with van der Waals surface area (Å²) in [6.07, 6.45) is 1.30. The second kappa shape index (κ2) is 3.30. The molecule has 1 aromatic rings. The highest BCUT2D eigenvalue weighted by molar-refractivity contribution is 6.04. The van der Waals surface area contributed by atoms with Crippen molar-refractivity contribution in [1.82, 2.24) is 4.98 Å². The number of rotatable bonds is 2. The number of aryl methyl sites for hydroxylation is 2. The van der Waals surface area contributed by atoms with Crippen LogP contribution >= 0.6 is 0 Å². The molecule has 0 spiro atoms. The van der Waals surface area contributed by atoms with Gasteiger partial charge >= 0.3 is 0 Å². The van der Waals surface area contributed by atoms with Crippen LogP contribution < -0.4 is 0 Å². The van der Waals surface area contributed by atoms with Crippen LogP contribution in [0, 0.1) is 13.8 Å². The fraction of sp³-hybridized carbons (Fsp3) is 0.200. The van der Waals surface area contributed by atoms with E-state index in [1.54, 1.807) is 6.07 Å². The van der Waals surface area contributed by atoms with Crippen LogP contribution in [0.1, 0.15) is 21.7 Å². The lowest BCUT2D eigenvalue weighted by molar-refractivity contribution is 0.104. The third-order valence-corrected chi connectivity index (χ3v) is 1.68. The van der Waals surface area contributed by atoms with Gasteiger partial charge in [-0.2, -0.15) is 0 Å². The van der Waals surface area contributed by atoms with Gasteiger partial charge in [-0.1, -0.05) is 6.58 Å². The normalized spacial score (nSPS) is 9.50. The fourth-order valence-corrected chi connectivity index (χ4v) is 1.06. The Hall–Kier alpha value is -1.44. The summed E-state index contributed by atoms with van der Waals surface area (Å²) in [5.74, 6) is -0.0694. The number of carbonyl (C=O) groups excluding carboxylic acids is 1. The summed E-state index contributed by atoms with van der Waals surface area (Å²) in [6.45, 7) is 7.14. The molecule has 0 amide bonds. The van der Waals surface area contributed by atoms with Crippen LogP contribution in [-0.2, 0) is 0 Å². The number of aromatic nitrogens is 1. The van der Waals surface area contributed by atoms with E-state index in [9.17, 15) is 4.79 Å². The number of hydrogen-bond donors (Lipinski definition) is 0. The molecule has 0 saturated carbocycles. The molecule has 62 valence electrons. The Kier molecular flexibility index (Phi) is 2.38. The average molecular weight is 161 g/mol. The Bertz CT molecular complexity index is 329. The smallest absolute Gasteiger partial charge is 0.187 e. The molecule has 2 nitrogen and oxygen atoms in total. The third kappa shape index (κ3) is 1.59. The number of ketones is 1. The minimum Gasteiger partial charge on any atom is -0.289 e. The van der Waals surface area contributed by atoms with Gasteiger partial charge in [-0.05, 0) is 32.1 Å². The van der Waals surface area contributed by atoms with Crippen molar-refractivity contribution in [3.8, 4) is 0 Å². The Labute approximate surface area is 71.9 Å². The quantitative estimate of drug-likeness (QED) is 0.491. The van der Waals surface area contributed by atoms with E-state index in [2.05, 4.69) is 11.6 Å². The summed E-state index contributed by atoms with van der Waals surface area (Å²) in [5.41, 5.74) is 2.32. The Morgan fingerprint density at radius 2 is 2.17 bits per heavy atom. The molecule has 0 unspecified atom stereocenters. The molecule has 1 aromatic heterocycles. The van der Waals surface area contributed by atoms with E-state index < -0.39 is 0 Å². The van der Waals surface area contributed by atoms with Crippen molar-refractivity contribution < 1.29 is 4.79 Å². The van der Waals surface area contributed by atoms with Gasteiger partial charge in [0.15, 0.2) is 5.78 Å². The van der Waals surface area contributed by atoms with Crippen molar-refractivity contribution in [1.29, 1.82) is 0 Å². The van der Waals surface area contributed by atoms with Crippen molar-refractivity contribution in [2.24, 2.45) is 0 Å². The zero-order valence-electron chi connectivity index (χ0n) is 7.29. The molecule has 0 fully saturated rings. The highest BCUT2D eigenvalue weighted by Crippen LogP contribution is 2.07. The van der Waals surface area contributed by atoms with Crippen LogP contribution in [0.4, 0.5) is 0 Å². The largest absolute Gasteiger partial charge is 0.289 e. The fourth-order valence-electron chi connectivity index (χ4n) is 1.06. The van der Waals surface area contributed by atoms with Crippen LogP contribution in [-0.4, -0.2) is 10.8 Å². The van der Waals surface area contributed by atoms with Gasteiger partial charge in [0.1, 0.15) is 0 Å². The standard InChI is InChI=1S/C10H11NO/c1-4-10(12)9-6-5-7(2)11-8(9)3/h4-6H,1H2,2-3H3. The maximum atomic E-state index is 11.2. The number of hydrogen-bond acceptors (Lipinski definition) is 2. The van der Waals surface area contributed by atoms with E-state index in [4.69, 9.17) is 0 Å². The summed E-state index contributed by atoms with van der Waals surface area (Å²) in [4.78, 5) is 15.4. The second-order valence-electron chi connectivity index (χ2n) is 2.65. The number of nitrogens with zero attached hydrogens (tertiary/aromatic N) is 1. The van der Waals surface area contributed by atoms with Gasteiger partial charge in [0.25, 0.3) is 0 Å². The van der Waals surface area contributed by atoms with Gasteiger partial charge in [-0.25, -0.2) is 0 Å². The monoisotopic (exact) mass is 161 g/mol. The highest BCUT2D eigenvalue weighted by atomic mass is 16.1. The summed E-state index contributed by atoms with van der Waals surface area (Å²) in [6, 6.07) is 3.60. The minimum absolute atomic E-state index is 0.0694. The second-order valence-corrected chi connectivity index (χ2v) is 2.65. The first-order valence-electron chi connectivity index (χ1n) is 3.76. The molecular formula is C10H11NO. The van der Waals surface area contributed by atoms with Crippen molar-refractivity contribution in [3.63, 3.8) is 0 Å². The molecule has 2 heteroatoms. The van der Waals surface area contributed by atoms with Crippen LogP contribution in [0.25, 0.3) is 0 Å². The molecular weight excluding hydrogens is 150 g/mol. The zero-order valence-corrected chi connectivity index (χ0v) is 7.29. The molecule has 0 aliphatic rings. The molecule has 0 aliphatic carbocycles. The lowest BCUT2D eigenvalue weighted by Gasteiger charge is -2.00. The van der Waals surface area contributed by atoms with Gasteiger partial charge in [0.2, 0.25) is 0 Å². The van der Waals surface area contributed by atoms with Crippen molar-refractivity contribution in [2.75, 3.05) is 0 Å². The van der Waals surface area contributed by atoms with E-state index in [0.29, 0.717) is 5.56 Å². The minimum atomic E-state index is -0.0694. The van der Waals surface area contributed by atoms with E-state index >= 15 is 0 Å². The molecule has 0 bridgehead atoms. The Morgan fingerprint density at radius 1 is 1.50 bits per heavy atom. The first-order valence-corrected chi connectivity index (χ1v) is 3.76. The first kappa shape index (κ1) is 8.65. The summed E-state index contributed by atoms with van der Waals surface area (Å²) in [7, 11) is 0. The summed E-state index contributed by atoms with van der Waals surface area (Å²) < 4.78 is 0. The zero-order chi connectivity index (χ0) is 9.14. The topological polar surface area (TPSA) is 30.0 Å². The van der Waals surface area contributed by atoms with Crippen molar-refractivity contribution in [3.05, 3.63) is 41.7 Å². The van der Waals surface area contributed by atoms with Crippen molar-refractivity contribution in [2.45, 2.75) is 13.8 Å². The van der Waals surface area contributed by atoms with Crippen LogP contribution in [0.2, 0.25) is 0 Å². The number of allylic oxidation sites excluding steroid dienone is 1. The van der Waals surface area contributed by atoms with Gasteiger partial charge < -0.3 is 0 Å². The van der Waals surface area contributed by atoms with Crippen LogP contribution in [0.5, 0.6) is 0 Å². The summed E-state index contributed by atoms with van der Waals surface area (Å²) >= 11 is 0. The lowest BCUT2D eigenvalue weighted by Crippen LogP contribution is -2.00. The molecule has 0 atom stereocenters. The van der Waals surface area contributed by atoms with E-state index in [1.165, 1.54) is 6.08 Å². The maximum absolute atomic E-state index is 11.2. The average Bonchev–Trinajstić information content (AvgIpc) is 2.03.